The van der Waals surface area contributed by atoms with Gasteiger partial charge in [-0.3, -0.25) is 0 Å². The zero-order valence-electron chi connectivity index (χ0n) is 11.9. The topological polar surface area (TPSA) is 119 Å². The molecule has 0 amide bonds. The number of hydrogen-bond acceptors (Lipinski definition) is 7. The van der Waals surface area contributed by atoms with Crippen LogP contribution in [0.15, 0.2) is 33.8 Å². The van der Waals surface area contributed by atoms with Crippen LogP contribution in [-0.2, 0) is 10.0 Å². The molecule has 122 valence electrons. The van der Waals surface area contributed by atoms with Crippen LogP contribution in [0.2, 0.25) is 0 Å². The van der Waals surface area contributed by atoms with Crippen LogP contribution in [0.4, 0.5) is 17.5 Å². The number of nitrogens with one attached hydrogen (secondary N) is 2. The van der Waals surface area contributed by atoms with Gasteiger partial charge in [-0.05, 0) is 40.5 Å². The molecule has 1 aromatic heterocycles. The van der Waals surface area contributed by atoms with Crippen molar-refractivity contribution < 1.29 is 13.2 Å². The molecule has 0 unspecified atom stereocenters. The van der Waals surface area contributed by atoms with Gasteiger partial charge in [-0.2, -0.15) is 4.98 Å². The van der Waals surface area contributed by atoms with E-state index >= 15 is 0 Å². The highest BCUT2D eigenvalue weighted by molar-refractivity contribution is 9.10. The number of nitrogens with zero attached hydrogens (tertiary/aromatic N) is 2. The number of aromatic nitrogens is 2. The minimum atomic E-state index is -3.81. The molecule has 0 fully saturated rings. The summed E-state index contributed by atoms with van der Waals surface area (Å²) in [6.07, 6.45) is 2.36. The third-order valence-electron chi connectivity index (χ3n) is 3.14. The Kier molecular flexibility index (Phi) is 4.37. The number of fused-ring (bicyclic) bond motifs is 3. The van der Waals surface area contributed by atoms with E-state index in [4.69, 9.17) is 9.88 Å². The molecule has 1 aliphatic heterocycles. The average molecular weight is 400 g/mol. The number of primary sulfonamides is 1. The average Bonchev–Trinajstić information content (AvgIpc) is 2.52. The highest BCUT2D eigenvalue weighted by Gasteiger charge is 2.15. The fourth-order valence-corrected chi connectivity index (χ4v) is 2.91. The Hall–Kier alpha value is -1.91. The maximum absolute atomic E-state index is 11.5. The van der Waals surface area contributed by atoms with E-state index in [0.29, 0.717) is 36.4 Å². The summed E-state index contributed by atoms with van der Waals surface area (Å²) in [5, 5.41) is 11.3. The van der Waals surface area contributed by atoms with E-state index in [9.17, 15) is 8.42 Å². The fraction of sp³-hybridized carbons (Fsp3) is 0.231. The van der Waals surface area contributed by atoms with E-state index in [1.54, 1.807) is 12.3 Å². The second kappa shape index (κ2) is 6.30. The van der Waals surface area contributed by atoms with Crippen LogP contribution in [0.25, 0.3) is 0 Å². The number of anilines is 3. The van der Waals surface area contributed by atoms with Crippen molar-refractivity contribution in [2.45, 2.75) is 11.3 Å². The SMILES string of the molecule is NS(=O)(=O)c1ccc2c(c1)Nc1ncc(Br)c(n1)NCCCO2. The van der Waals surface area contributed by atoms with Crippen molar-refractivity contribution >= 4 is 43.4 Å². The fourth-order valence-electron chi connectivity index (χ4n) is 2.04. The van der Waals surface area contributed by atoms with Gasteiger partial charge in [0.15, 0.2) is 0 Å². The van der Waals surface area contributed by atoms with Gasteiger partial charge in [0.05, 0.1) is 21.7 Å². The van der Waals surface area contributed by atoms with Gasteiger partial charge in [0.1, 0.15) is 11.6 Å². The lowest BCUT2D eigenvalue weighted by molar-refractivity contribution is 0.316. The van der Waals surface area contributed by atoms with Crippen molar-refractivity contribution in [3.8, 4) is 5.75 Å². The summed E-state index contributed by atoms with van der Waals surface area (Å²) < 4.78 is 29.5. The van der Waals surface area contributed by atoms with Gasteiger partial charge in [0.2, 0.25) is 16.0 Å². The van der Waals surface area contributed by atoms with Crippen molar-refractivity contribution in [2.24, 2.45) is 5.14 Å². The van der Waals surface area contributed by atoms with Crippen LogP contribution in [0.1, 0.15) is 6.42 Å². The number of sulfonamides is 1. The normalized spacial score (nSPS) is 14.5. The first-order valence-corrected chi connectivity index (χ1v) is 9.10. The van der Waals surface area contributed by atoms with Gasteiger partial charge < -0.3 is 15.4 Å². The summed E-state index contributed by atoms with van der Waals surface area (Å²) in [5.41, 5.74) is 0.437. The zero-order valence-corrected chi connectivity index (χ0v) is 14.3. The van der Waals surface area contributed by atoms with Crippen LogP contribution in [-0.4, -0.2) is 31.5 Å². The number of ether oxygens (including phenoxy) is 1. The first-order chi connectivity index (χ1) is 10.9. The van der Waals surface area contributed by atoms with Gasteiger partial charge in [-0.25, -0.2) is 18.5 Å². The molecular formula is C13H14BrN5O3S. The van der Waals surface area contributed by atoms with Gasteiger partial charge >= 0.3 is 0 Å². The van der Waals surface area contributed by atoms with Gasteiger partial charge in [-0.1, -0.05) is 0 Å². The largest absolute Gasteiger partial charge is 0.491 e. The molecule has 4 N–H and O–H groups in total. The van der Waals surface area contributed by atoms with Gasteiger partial charge in [0.25, 0.3) is 0 Å². The second-order valence-corrected chi connectivity index (χ2v) is 7.26. The molecule has 0 atom stereocenters. The number of nitrogens with two attached hydrogens (primary N) is 1. The number of hydrogen-bond donors (Lipinski definition) is 3. The summed E-state index contributed by atoms with van der Waals surface area (Å²) in [6, 6.07) is 4.37. The van der Waals surface area contributed by atoms with E-state index in [1.165, 1.54) is 12.1 Å². The minimum Gasteiger partial charge on any atom is -0.491 e. The first kappa shape index (κ1) is 16.0. The van der Waals surface area contributed by atoms with Crippen molar-refractivity contribution in [2.75, 3.05) is 23.8 Å². The smallest absolute Gasteiger partial charge is 0.238 e. The minimum absolute atomic E-state index is 0.0160. The van der Waals surface area contributed by atoms with E-state index in [0.717, 1.165) is 10.9 Å². The monoisotopic (exact) mass is 399 g/mol. The highest BCUT2D eigenvalue weighted by atomic mass is 79.9. The van der Waals surface area contributed by atoms with Gasteiger partial charge in [0, 0.05) is 12.7 Å². The molecule has 0 radical (unpaired) electrons. The van der Waals surface area contributed by atoms with Crippen molar-refractivity contribution in [1.29, 1.82) is 0 Å². The number of rotatable bonds is 1. The Morgan fingerprint density at radius 2 is 2.17 bits per heavy atom. The molecule has 0 spiro atoms. The lowest BCUT2D eigenvalue weighted by Crippen LogP contribution is -2.13. The van der Waals surface area contributed by atoms with Crippen LogP contribution in [0.5, 0.6) is 5.75 Å². The molecule has 0 aliphatic carbocycles. The maximum Gasteiger partial charge on any atom is 0.238 e. The van der Waals surface area contributed by atoms with Gasteiger partial charge in [-0.15, -0.1) is 0 Å². The summed E-state index contributed by atoms with van der Waals surface area (Å²) >= 11 is 3.38. The maximum atomic E-state index is 11.5. The van der Waals surface area contributed by atoms with E-state index in [1.807, 2.05) is 0 Å². The van der Waals surface area contributed by atoms with E-state index < -0.39 is 10.0 Å². The second-order valence-electron chi connectivity index (χ2n) is 4.85. The molecule has 2 aromatic rings. The lowest BCUT2D eigenvalue weighted by atomic mass is 10.3. The first-order valence-electron chi connectivity index (χ1n) is 6.76. The molecule has 1 aromatic carbocycles. The number of halogens is 1. The Labute approximate surface area is 141 Å². The quantitative estimate of drug-likeness (QED) is 0.668. The molecule has 1 aliphatic rings. The summed E-state index contributed by atoms with van der Waals surface area (Å²) in [5.74, 6) is 1.47. The predicted octanol–water partition coefficient (Wildman–Crippen LogP) is 1.82. The summed E-state index contributed by atoms with van der Waals surface area (Å²) in [4.78, 5) is 8.49. The predicted molar refractivity (Wildman–Crippen MR) is 89.4 cm³/mol. The van der Waals surface area contributed by atoms with E-state index in [2.05, 4.69) is 36.5 Å². The van der Waals surface area contributed by atoms with Crippen molar-refractivity contribution in [3.05, 3.63) is 28.9 Å². The Morgan fingerprint density at radius 1 is 1.35 bits per heavy atom. The molecule has 23 heavy (non-hydrogen) atoms. The molecular weight excluding hydrogens is 386 g/mol. The molecule has 8 nitrogen and oxygen atoms in total. The van der Waals surface area contributed by atoms with Crippen LogP contribution in [0.3, 0.4) is 0 Å². The molecule has 10 heteroatoms. The number of benzene rings is 1. The summed E-state index contributed by atoms with van der Waals surface area (Å²) in [7, 11) is -3.81. The Morgan fingerprint density at radius 3 is 2.96 bits per heavy atom. The van der Waals surface area contributed by atoms with Crippen LogP contribution < -0.4 is 20.5 Å². The lowest BCUT2D eigenvalue weighted by Gasteiger charge is -2.13. The zero-order chi connectivity index (χ0) is 16.4. The highest BCUT2D eigenvalue weighted by Crippen LogP contribution is 2.31. The molecule has 0 saturated carbocycles. The van der Waals surface area contributed by atoms with Crippen LogP contribution >= 0.6 is 15.9 Å². The molecule has 2 heterocycles. The summed E-state index contributed by atoms with van der Waals surface area (Å²) in [6.45, 7) is 1.15. The van der Waals surface area contributed by atoms with E-state index in [-0.39, 0.29) is 4.90 Å². The Bertz CT molecular complexity index is 843. The molecule has 3 rings (SSSR count). The third kappa shape index (κ3) is 3.71. The van der Waals surface area contributed by atoms with Crippen molar-refractivity contribution in [3.63, 3.8) is 0 Å². The third-order valence-corrected chi connectivity index (χ3v) is 4.63. The molecule has 2 bridgehead atoms. The Balaban J connectivity index is 2.06. The molecule has 0 saturated heterocycles. The van der Waals surface area contributed by atoms with Crippen LogP contribution in [0, 0.1) is 0 Å². The standard InChI is InChI=1S/C13H14BrN5O3S/c14-9-7-17-13-18-10-6-8(23(15,20)21)2-3-11(10)22-5-1-4-16-12(9)19-13/h2-3,6-7H,1,4-5H2,(H2,15,20,21)(H2,16,17,18,19). The van der Waals surface area contributed by atoms with Crippen molar-refractivity contribution in [1.82, 2.24) is 9.97 Å².